The van der Waals surface area contributed by atoms with E-state index in [1.54, 1.807) is 12.1 Å². The lowest BCUT2D eigenvalue weighted by Gasteiger charge is -1.99. The van der Waals surface area contributed by atoms with Crippen LogP contribution in [-0.4, -0.2) is 16.7 Å². The van der Waals surface area contributed by atoms with Gasteiger partial charge in [0, 0.05) is 6.42 Å². The third-order valence-electron chi connectivity index (χ3n) is 2.61. The Balaban J connectivity index is 2.06. The number of hydrogen-bond donors (Lipinski definition) is 1. The molecule has 0 saturated heterocycles. The minimum absolute atomic E-state index is 0.220. The molecule has 1 heterocycles. The lowest BCUT2D eigenvalue weighted by Crippen LogP contribution is -1.98. The van der Waals surface area contributed by atoms with Crippen molar-refractivity contribution in [2.45, 2.75) is 6.42 Å². The summed E-state index contributed by atoms with van der Waals surface area (Å²) in [5, 5.41) is 9.72. The van der Waals surface area contributed by atoms with Gasteiger partial charge in [0.15, 0.2) is 5.84 Å². The van der Waals surface area contributed by atoms with E-state index in [1.165, 1.54) is 0 Å². The maximum absolute atomic E-state index is 9.72. The number of rotatable bonds is 1. The second-order valence-electron chi connectivity index (χ2n) is 3.70. The Morgan fingerprint density at radius 3 is 2.81 bits per heavy atom. The molecule has 3 rings (SSSR count). The summed E-state index contributed by atoms with van der Waals surface area (Å²) >= 11 is 0. The average Bonchev–Trinajstić information content (AvgIpc) is 2.73. The summed E-state index contributed by atoms with van der Waals surface area (Å²) in [4.78, 5) is 8.83. The molecule has 0 radical (unpaired) electrons. The Hall–Kier alpha value is -2.16. The first-order valence-electron chi connectivity index (χ1n) is 5.16. The van der Waals surface area contributed by atoms with Crippen LogP contribution in [0.2, 0.25) is 0 Å². The molecule has 3 nitrogen and oxygen atoms in total. The van der Waals surface area contributed by atoms with Crippen LogP contribution < -0.4 is 0 Å². The topological polar surface area (TPSA) is 45.0 Å². The van der Waals surface area contributed by atoms with Crippen LogP contribution in [0.15, 0.2) is 58.2 Å². The van der Waals surface area contributed by atoms with E-state index >= 15 is 0 Å². The average molecular weight is 210 g/mol. The van der Waals surface area contributed by atoms with Crippen LogP contribution in [-0.2, 0) is 0 Å². The molecule has 1 N–H and O–H groups in total. The van der Waals surface area contributed by atoms with Crippen molar-refractivity contribution < 1.29 is 5.11 Å². The Kier molecular flexibility index (Phi) is 1.96. The molecule has 0 fully saturated rings. The van der Waals surface area contributed by atoms with E-state index in [4.69, 9.17) is 0 Å². The highest BCUT2D eigenvalue weighted by Gasteiger charge is 2.19. The number of allylic oxidation sites excluding steroid dienone is 4. The number of phenols is 1. The summed E-state index contributed by atoms with van der Waals surface area (Å²) in [5.74, 6) is 0.820. The van der Waals surface area contributed by atoms with Gasteiger partial charge in [0.1, 0.15) is 5.75 Å². The molecule has 1 aromatic carbocycles. The fraction of sp³-hybridized carbons (Fsp3) is 0.0769. The fourth-order valence-corrected chi connectivity index (χ4v) is 1.79. The van der Waals surface area contributed by atoms with E-state index in [2.05, 4.69) is 9.98 Å². The first-order valence-corrected chi connectivity index (χ1v) is 5.16. The number of aromatic hydroxyl groups is 1. The SMILES string of the molecule is Oc1ccccc1C1=NC2=CC=CCC2=N1. The van der Waals surface area contributed by atoms with Gasteiger partial charge in [-0.05, 0) is 18.2 Å². The van der Waals surface area contributed by atoms with E-state index in [1.807, 2.05) is 30.4 Å². The van der Waals surface area contributed by atoms with Crippen LogP contribution in [0, 0.1) is 0 Å². The zero-order valence-electron chi connectivity index (χ0n) is 8.59. The van der Waals surface area contributed by atoms with E-state index in [-0.39, 0.29) is 5.75 Å². The lowest BCUT2D eigenvalue weighted by molar-refractivity contribution is 0.474. The molecule has 0 saturated carbocycles. The van der Waals surface area contributed by atoms with Crippen molar-refractivity contribution in [3.8, 4) is 5.75 Å². The summed E-state index contributed by atoms with van der Waals surface area (Å²) in [6.45, 7) is 0. The highest BCUT2D eigenvalue weighted by atomic mass is 16.3. The third kappa shape index (κ3) is 1.37. The van der Waals surface area contributed by atoms with Crippen molar-refractivity contribution in [2.75, 3.05) is 0 Å². The van der Waals surface area contributed by atoms with Gasteiger partial charge in [0.2, 0.25) is 0 Å². The molecule has 0 amide bonds. The Labute approximate surface area is 93.2 Å². The van der Waals surface area contributed by atoms with Gasteiger partial charge >= 0.3 is 0 Å². The van der Waals surface area contributed by atoms with Crippen molar-refractivity contribution >= 4 is 11.5 Å². The molecule has 3 heteroatoms. The zero-order chi connectivity index (χ0) is 11.0. The first-order chi connectivity index (χ1) is 7.84. The molecule has 0 aromatic heterocycles. The summed E-state index contributed by atoms with van der Waals surface area (Å²) < 4.78 is 0. The molecule has 78 valence electrons. The smallest absolute Gasteiger partial charge is 0.163 e. The molecular weight excluding hydrogens is 200 g/mol. The molecule has 0 atom stereocenters. The second-order valence-corrected chi connectivity index (χ2v) is 3.70. The molecule has 1 aliphatic carbocycles. The summed E-state index contributed by atoms with van der Waals surface area (Å²) in [7, 11) is 0. The predicted molar refractivity (Wildman–Crippen MR) is 63.9 cm³/mol. The minimum atomic E-state index is 0.220. The molecule has 1 aromatic rings. The highest BCUT2D eigenvalue weighted by molar-refractivity contribution is 6.19. The van der Waals surface area contributed by atoms with Crippen molar-refractivity contribution in [2.24, 2.45) is 9.98 Å². The van der Waals surface area contributed by atoms with Crippen molar-refractivity contribution in [1.82, 2.24) is 0 Å². The molecule has 16 heavy (non-hydrogen) atoms. The predicted octanol–water partition coefficient (Wildman–Crippen LogP) is 2.44. The van der Waals surface area contributed by atoms with Gasteiger partial charge in [-0.15, -0.1) is 0 Å². The first kappa shape index (κ1) is 9.09. The zero-order valence-corrected chi connectivity index (χ0v) is 8.59. The van der Waals surface area contributed by atoms with Gasteiger partial charge in [-0.1, -0.05) is 24.3 Å². The fourth-order valence-electron chi connectivity index (χ4n) is 1.79. The van der Waals surface area contributed by atoms with Crippen LogP contribution >= 0.6 is 0 Å². The Morgan fingerprint density at radius 1 is 1.12 bits per heavy atom. The molecule has 0 unspecified atom stereocenters. The largest absolute Gasteiger partial charge is 0.507 e. The molecule has 2 aliphatic rings. The van der Waals surface area contributed by atoms with Crippen LogP contribution in [0.1, 0.15) is 12.0 Å². The van der Waals surface area contributed by atoms with Crippen molar-refractivity contribution in [3.05, 3.63) is 53.8 Å². The molecule has 0 bridgehead atoms. The normalized spacial score (nSPS) is 17.6. The van der Waals surface area contributed by atoms with Gasteiger partial charge in [-0.2, -0.15) is 0 Å². The Bertz CT molecular complexity index is 565. The maximum atomic E-state index is 9.72. The molecular formula is C13H10N2O. The number of para-hydroxylation sites is 1. The number of hydrogen-bond acceptors (Lipinski definition) is 3. The van der Waals surface area contributed by atoms with E-state index < -0.39 is 0 Å². The van der Waals surface area contributed by atoms with Gasteiger partial charge in [-0.25, -0.2) is 9.98 Å². The van der Waals surface area contributed by atoms with Crippen molar-refractivity contribution in [3.63, 3.8) is 0 Å². The summed E-state index contributed by atoms with van der Waals surface area (Å²) in [6, 6.07) is 7.12. The van der Waals surface area contributed by atoms with Crippen LogP contribution in [0.5, 0.6) is 5.75 Å². The third-order valence-corrected chi connectivity index (χ3v) is 2.61. The Morgan fingerprint density at radius 2 is 2.00 bits per heavy atom. The molecule has 1 aliphatic heterocycles. The summed E-state index contributed by atoms with van der Waals surface area (Å²) in [6.07, 6.45) is 6.78. The van der Waals surface area contributed by atoms with Gasteiger partial charge in [-0.3, -0.25) is 0 Å². The van der Waals surface area contributed by atoms with Gasteiger partial charge in [0.05, 0.1) is 17.0 Å². The summed E-state index contributed by atoms with van der Waals surface area (Å²) in [5.41, 5.74) is 2.56. The van der Waals surface area contributed by atoms with Gasteiger partial charge < -0.3 is 5.11 Å². The number of fused-ring (bicyclic) bond motifs is 1. The highest BCUT2D eigenvalue weighted by Crippen LogP contribution is 2.24. The van der Waals surface area contributed by atoms with Crippen LogP contribution in [0.25, 0.3) is 0 Å². The van der Waals surface area contributed by atoms with Crippen LogP contribution in [0.3, 0.4) is 0 Å². The lowest BCUT2D eigenvalue weighted by atomic mass is 10.1. The monoisotopic (exact) mass is 210 g/mol. The standard InChI is InChI=1S/C13H10N2O/c16-12-8-4-1-5-9(12)13-14-10-6-2-3-7-11(10)15-13/h1-6,8,16H,7H2. The van der Waals surface area contributed by atoms with E-state index in [9.17, 15) is 5.11 Å². The minimum Gasteiger partial charge on any atom is -0.507 e. The van der Waals surface area contributed by atoms with E-state index in [0.29, 0.717) is 11.4 Å². The number of aliphatic imine (C=N–C) groups is 2. The van der Waals surface area contributed by atoms with Gasteiger partial charge in [0.25, 0.3) is 0 Å². The van der Waals surface area contributed by atoms with E-state index in [0.717, 1.165) is 17.8 Å². The quantitative estimate of drug-likeness (QED) is 0.760. The number of amidine groups is 1. The molecule has 0 spiro atoms. The maximum Gasteiger partial charge on any atom is 0.163 e. The number of phenolic OH excluding ortho intramolecular Hbond substituents is 1. The van der Waals surface area contributed by atoms with Crippen molar-refractivity contribution in [1.29, 1.82) is 0 Å². The number of nitrogens with zero attached hydrogens (tertiary/aromatic N) is 2. The second kappa shape index (κ2) is 3.45. The number of benzene rings is 1. The van der Waals surface area contributed by atoms with Crippen LogP contribution in [0.4, 0.5) is 0 Å².